The van der Waals surface area contributed by atoms with Gasteiger partial charge in [0.2, 0.25) is 0 Å². The van der Waals surface area contributed by atoms with Crippen molar-refractivity contribution in [3.63, 3.8) is 0 Å². The minimum atomic E-state index is -0.476. The summed E-state index contributed by atoms with van der Waals surface area (Å²) in [5.41, 5.74) is 0. The van der Waals surface area contributed by atoms with Crippen LogP contribution in [0, 0.1) is 11.8 Å². The van der Waals surface area contributed by atoms with Crippen molar-refractivity contribution in [2.45, 2.75) is 64.9 Å². The molecule has 1 rings (SSSR count). The van der Waals surface area contributed by atoms with E-state index in [9.17, 15) is 9.90 Å². The molecule has 0 saturated heterocycles. The molecule has 17 heavy (non-hydrogen) atoms. The number of unbranched alkanes of at least 4 members (excludes halogenated alkanes) is 3. The van der Waals surface area contributed by atoms with Crippen LogP contribution in [0.2, 0.25) is 0 Å². The lowest BCUT2D eigenvalue weighted by Crippen LogP contribution is -2.28. The fraction of sp³-hybridized carbons (Fsp3) is 0.929. The van der Waals surface area contributed by atoms with Crippen LogP contribution in [-0.2, 0) is 9.53 Å². The second kappa shape index (κ2) is 7.70. The van der Waals surface area contributed by atoms with Crippen LogP contribution in [0.25, 0.3) is 0 Å². The number of carbonyl (C=O) groups excluding carboxylic acids is 1. The molecule has 1 saturated carbocycles. The van der Waals surface area contributed by atoms with Gasteiger partial charge in [0.1, 0.15) is 0 Å². The van der Waals surface area contributed by atoms with Crippen molar-refractivity contribution in [3.05, 3.63) is 0 Å². The van der Waals surface area contributed by atoms with Gasteiger partial charge in [-0.05, 0) is 32.1 Å². The minimum Gasteiger partial charge on any atom is -0.466 e. The summed E-state index contributed by atoms with van der Waals surface area (Å²) < 4.78 is 4.99. The number of aliphatic hydroxyl groups excluding tert-OH is 1. The van der Waals surface area contributed by atoms with Crippen LogP contribution in [0.5, 0.6) is 0 Å². The molecule has 0 heterocycles. The Hall–Kier alpha value is -0.570. The highest BCUT2D eigenvalue weighted by molar-refractivity contribution is 5.73. The molecule has 0 aliphatic heterocycles. The van der Waals surface area contributed by atoms with Gasteiger partial charge in [0.15, 0.2) is 0 Å². The Labute approximate surface area is 105 Å². The summed E-state index contributed by atoms with van der Waals surface area (Å²) >= 11 is 0. The molecule has 0 amide bonds. The molecule has 0 bridgehead atoms. The maximum Gasteiger partial charge on any atom is 0.311 e. The Balaban J connectivity index is 2.28. The lowest BCUT2D eigenvalue weighted by molar-refractivity contribution is -0.151. The van der Waals surface area contributed by atoms with E-state index in [1.54, 1.807) is 0 Å². The van der Waals surface area contributed by atoms with E-state index in [1.165, 1.54) is 25.7 Å². The standard InChI is InChI=1S/C14H26O3/c1-3-5-6-7-8-11-9-10-12(13(11)15)14(16)17-4-2/h11-13,15H,3-10H2,1-2H3. The second-order valence-electron chi connectivity index (χ2n) is 5.04. The van der Waals surface area contributed by atoms with Crippen molar-refractivity contribution in [1.82, 2.24) is 0 Å². The summed E-state index contributed by atoms with van der Waals surface area (Å²) in [6.07, 6.45) is 7.25. The SMILES string of the molecule is CCCCCCC1CCC(C(=O)OCC)C1O. The summed E-state index contributed by atoms with van der Waals surface area (Å²) in [7, 11) is 0. The van der Waals surface area contributed by atoms with Crippen LogP contribution in [0.4, 0.5) is 0 Å². The van der Waals surface area contributed by atoms with Gasteiger partial charge in [0.25, 0.3) is 0 Å². The van der Waals surface area contributed by atoms with Gasteiger partial charge in [0.05, 0.1) is 18.6 Å². The Morgan fingerprint density at radius 3 is 2.65 bits per heavy atom. The minimum absolute atomic E-state index is 0.212. The zero-order chi connectivity index (χ0) is 12.7. The monoisotopic (exact) mass is 242 g/mol. The van der Waals surface area contributed by atoms with Gasteiger partial charge in [-0.25, -0.2) is 0 Å². The van der Waals surface area contributed by atoms with Crippen molar-refractivity contribution in [2.75, 3.05) is 6.61 Å². The fourth-order valence-corrected chi connectivity index (χ4v) is 2.72. The average molecular weight is 242 g/mol. The first-order valence-electron chi connectivity index (χ1n) is 7.05. The van der Waals surface area contributed by atoms with Crippen LogP contribution in [0.1, 0.15) is 58.8 Å². The van der Waals surface area contributed by atoms with Gasteiger partial charge in [-0.15, -0.1) is 0 Å². The summed E-state index contributed by atoms with van der Waals surface area (Å²) in [5.74, 6) is -0.177. The van der Waals surface area contributed by atoms with Crippen molar-refractivity contribution >= 4 is 5.97 Å². The number of rotatable bonds is 7. The fourth-order valence-electron chi connectivity index (χ4n) is 2.72. The average Bonchev–Trinajstić information content (AvgIpc) is 2.67. The van der Waals surface area contributed by atoms with E-state index >= 15 is 0 Å². The quantitative estimate of drug-likeness (QED) is 0.551. The molecular formula is C14H26O3. The van der Waals surface area contributed by atoms with Crippen LogP contribution >= 0.6 is 0 Å². The molecule has 3 nitrogen and oxygen atoms in total. The van der Waals surface area contributed by atoms with E-state index in [4.69, 9.17) is 4.74 Å². The summed E-state index contributed by atoms with van der Waals surface area (Å²) in [5, 5.41) is 10.1. The number of ether oxygens (including phenoxy) is 1. The first-order chi connectivity index (χ1) is 8.20. The molecular weight excluding hydrogens is 216 g/mol. The highest BCUT2D eigenvalue weighted by Gasteiger charge is 2.39. The molecule has 1 aliphatic carbocycles. The third-order valence-corrected chi connectivity index (χ3v) is 3.76. The molecule has 1 aliphatic rings. The Morgan fingerprint density at radius 2 is 2.00 bits per heavy atom. The highest BCUT2D eigenvalue weighted by Crippen LogP contribution is 2.35. The van der Waals surface area contributed by atoms with Gasteiger partial charge in [0, 0.05) is 0 Å². The number of hydrogen-bond donors (Lipinski definition) is 1. The van der Waals surface area contributed by atoms with Crippen molar-refractivity contribution < 1.29 is 14.6 Å². The molecule has 100 valence electrons. The predicted octanol–water partition coefficient (Wildman–Crippen LogP) is 2.91. The van der Waals surface area contributed by atoms with E-state index in [0.29, 0.717) is 12.5 Å². The van der Waals surface area contributed by atoms with Gasteiger partial charge in [-0.3, -0.25) is 4.79 Å². The molecule has 0 aromatic heterocycles. The van der Waals surface area contributed by atoms with Crippen LogP contribution in [0.15, 0.2) is 0 Å². The van der Waals surface area contributed by atoms with Crippen LogP contribution in [0.3, 0.4) is 0 Å². The lowest BCUT2D eigenvalue weighted by Gasteiger charge is -2.18. The Morgan fingerprint density at radius 1 is 1.24 bits per heavy atom. The molecule has 3 heteroatoms. The maximum atomic E-state index is 11.6. The first-order valence-corrected chi connectivity index (χ1v) is 7.05. The van der Waals surface area contributed by atoms with E-state index in [0.717, 1.165) is 19.3 Å². The molecule has 1 fully saturated rings. The van der Waals surface area contributed by atoms with Crippen molar-refractivity contribution in [2.24, 2.45) is 11.8 Å². The molecule has 3 atom stereocenters. The third kappa shape index (κ3) is 4.30. The smallest absolute Gasteiger partial charge is 0.311 e. The normalized spacial score (nSPS) is 28.3. The summed E-state index contributed by atoms with van der Waals surface area (Å²) in [6, 6.07) is 0. The van der Waals surface area contributed by atoms with E-state index in [1.807, 2.05) is 6.92 Å². The molecule has 0 aromatic rings. The molecule has 3 unspecified atom stereocenters. The summed E-state index contributed by atoms with van der Waals surface area (Å²) in [6.45, 7) is 4.41. The number of aliphatic hydroxyl groups is 1. The van der Waals surface area contributed by atoms with Gasteiger partial charge in [-0.1, -0.05) is 32.6 Å². The highest BCUT2D eigenvalue weighted by atomic mass is 16.5. The lowest BCUT2D eigenvalue weighted by atomic mass is 9.95. The Kier molecular flexibility index (Phi) is 6.56. The largest absolute Gasteiger partial charge is 0.466 e. The number of carbonyl (C=O) groups is 1. The second-order valence-corrected chi connectivity index (χ2v) is 5.04. The first kappa shape index (κ1) is 14.5. The molecule has 0 spiro atoms. The number of hydrogen-bond acceptors (Lipinski definition) is 3. The number of esters is 1. The van der Waals surface area contributed by atoms with Crippen molar-refractivity contribution in [1.29, 1.82) is 0 Å². The Bertz CT molecular complexity index is 228. The van der Waals surface area contributed by atoms with E-state index in [-0.39, 0.29) is 11.9 Å². The molecule has 1 N–H and O–H groups in total. The molecule has 0 aromatic carbocycles. The zero-order valence-corrected chi connectivity index (χ0v) is 11.2. The summed E-state index contributed by atoms with van der Waals surface area (Å²) in [4.78, 5) is 11.6. The zero-order valence-electron chi connectivity index (χ0n) is 11.2. The van der Waals surface area contributed by atoms with Gasteiger partial charge >= 0.3 is 5.97 Å². The predicted molar refractivity (Wildman–Crippen MR) is 67.6 cm³/mol. The molecule has 0 radical (unpaired) electrons. The van der Waals surface area contributed by atoms with E-state index in [2.05, 4.69) is 6.92 Å². The van der Waals surface area contributed by atoms with Crippen LogP contribution in [-0.4, -0.2) is 23.8 Å². The van der Waals surface area contributed by atoms with Crippen LogP contribution < -0.4 is 0 Å². The third-order valence-electron chi connectivity index (χ3n) is 3.76. The topological polar surface area (TPSA) is 46.5 Å². The van der Waals surface area contributed by atoms with Gasteiger partial charge < -0.3 is 9.84 Å². The van der Waals surface area contributed by atoms with E-state index < -0.39 is 6.10 Å². The maximum absolute atomic E-state index is 11.6. The van der Waals surface area contributed by atoms with Gasteiger partial charge in [-0.2, -0.15) is 0 Å². The van der Waals surface area contributed by atoms with Crippen molar-refractivity contribution in [3.8, 4) is 0 Å².